The van der Waals surface area contributed by atoms with Gasteiger partial charge in [0.2, 0.25) is 0 Å². The lowest BCUT2D eigenvalue weighted by molar-refractivity contribution is 0.300. The quantitative estimate of drug-likeness (QED) is 0.833. The van der Waals surface area contributed by atoms with Crippen LogP contribution in [0.15, 0.2) is 18.2 Å². The zero-order chi connectivity index (χ0) is 12.3. The van der Waals surface area contributed by atoms with Crippen molar-refractivity contribution in [2.45, 2.75) is 32.6 Å². The topological polar surface area (TPSA) is 12.0 Å². The van der Waals surface area contributed by atoms with Crippen molar-refractivity contribution < 1.29 is 8.78 Å². The Labute approximate surface area is 101 Å². The Kier molecular flexibility index (Phi) is 3.97. The van der Waals surface area contributed by atoms with E-state index in [1.165, 1.54) is 31.0 Å². The van der Waals surface area contributed by atoms with Gasteiger partial charge in [0, 0.05) is 6.54 Å². The summed E-state index contributed by atoms with van der Waals surface area (Å²) in [7, 11) is 0. The molecular formula is C14H19F2N. The van der Waals surface area contributed by atoms with E-state index < -0.39 is 11.6 Å². The van der Waals surface area contributed by atoms with Crippen molar-refractivity contribution in [3.63, 3.8) is 0 Å². The summed E-state index contributed by atoms with van der Waals surface area (Å²) in [6, 6.07) is 3.96. The lowest BCUT2D eigenvalue weighted by Crippen LogP contribution is -2.20. The third-order valence-corrected chi connectivity index (χ3v) is 3.67. The maximum absolute atomic E-state index is 13.4. The predicted molar refractivity (Wildman–Crippen MR) is 66.0 cm³/mol. The fourth-order valence-corrected chi connectivity index (χ4v) is 2.45. The molecule has 1 saturated carbocycles. The first-order chi connectivity index (χ1) is 8.16. The predicted octanol–water partition coefficient (Wildman–Crippen LogP) is 4.20. The molecule has 0 saturated heterocycles. The van der Waals surface area contributed by atoms with Crippen molar-refractivity contribution in [3.8, 4) is 0 Å². The average molecular weight is 239 g/mol. The van der Waals surface area contributed by atoms with E-state index in [0.717, 1.165) is 18.8 Å². The molecule has 0 atom stereocenters. The molecule has 0 aliphatic heterocycles. The highest BCUT2D eigenvalue weighted by atomic mass is 19.1. The lowest BCUT2D eigenvalue weighted by Gasteiger charge is -2.26. The fourth-order valence-electron chi connectivity index (χ4n) is 2.45. The normalized spacial score (nSPS) is 24.6. The van der Waals surface area contributed by atoms with Crippen LogP contribution in [0.1, 0.15) is 32.6 Å². The van der Waals surface area contributed by atoms with Crippen LogP contribution in [0.2, 0.25) is 0 Å². The van der Waals surface area contributed by atoms with Crippen LogP contribution in [0.3, 0.4) is 0 Å². The molecule has 1 aliphatic carbocycles. The molecule has 0 unspecified atom stereocenters. The van der Waals surface area contributed by atoms with Crippen molar-refractivity contribution in [1.82, 2.24) is 0 Å². The Morgan fingerprint density at radius 1 is 1.12 bits per heavy atom. The van der Waals surface area contributed by atoms with Crippen LogP contribution in [-0.2, 0) is 0 Å². The van der Waals surface area contributed by atoms with E-state index in [9.17, 15) is 8.78 Å². The van der Waals surface area contributed by atoms with Crippen LogP contribution < -0.4 is 5.32 Å². The Morgan fingerprint density at radius 3 is 2.29 bits per heavy atom. The second-order valence-electron chi connectivity index (χ2n) is 5.10. The highest BCUT2D eigenvalue weighted by molar-refractivity contribution is 5.45. The van der Waals surface area contributed by atoms with E-state index in [0.29, 0.717) is 12.5 Å². The minimum atomic E-state index is -0.505. The fraction of sp³-hybridized carbons (Fsp3) is 0.571. The SMILES string of the molecule is CC1CCC(CNc2c(F)cccc2F)CC1. The molecule has 1 fully saturated rings. The summed E-state index contributed by atoms with van der Waals surface area (Å²) < 4.78 is 26.7. The number of anilines is 1. The zero-order valence-corrected chi connectivity index (χ0v) is 10.2. The molecule has 1 N–H and O–H groups in total. The summed E-state index contributed by atoms with van der Waals surface area (Å²) in [5.74, 6) is 0.338. The summed E-state index contributed by atoms with van der Waals surface area (Å²) >= 11 is 0. The minimum Gasteiger partial charge on any atom is -0.380 e. The standard InChI is InChI=1S/C14H19F2N/c1-10-5-7-11(8-6-10)9-17-14-12(15)3-2-4-13(14)16/h2-4,10-11,17H,5-9H2,1H3. The zero-order valence-electron chi connectivity index (χ0n) is 10.2. The van der Waals surface area contributed by atoms with Gasteiger partial charge in [0.05, 0.1) is 0 Å². The van der Waals surface area contributed by atoms with E-state index in [4.69, 9.17) is 0 Å². The second-order valence-corrected chi connectivity index (χ2v) is 5.10. The number of benzene rings is 1. The third-order valence-electron chi connectivity index (χ3n) is 3.67. The number of hydrogen-bond donors (Lipinski definition) is 1. The molecule has 3 heteroatoms. The lowest BCUT2D eigenvalue weighted by atomic mass is 9.83. The van der Waals surface area contributed by atoms with Gasteiger partial charge >= 0.3 is 0 Å². The molecule has 0 amide bonds. The van der Waals surface area contributed by atoms with Gasteiger partial charge in [-0.25, -0.2) is 8.78 Å². The van der Waals surface area contributed by atoms with Gasteiger partial charge in [-0.05, 0) is 36.8 Å². The smallest absolute Gasteiger partial charge is 0.149 e. The van der Waals surface area contributed by atoms with E-state index >= 15 is 0 Å². The number of rotatable bonds is 3. The Balaban J connectivity index is 1.89. The Hall–Kier alpha value is -1.12. The molecule has 17 heavy (non-hydrogen) atoms. The van der Waals surface area contributed by atoms with Crippen molar-refractivity contribution in [2.24, 2.45) is 11.8 Å². The molecule has 0 heterocycles. The summed E-state index contributed by atoms with van der Waals surface area (Å²) in [6.07, 6.45) is 4.77. The van der Waals surface area contributed by atoms with Gasteiger partial charge in [0.1, 0.15) is 17.3 Å². The molecule has 1 aliphatic rings. The Morgan fingerprint density at radius 2 is 1.71 bits per heavy atom. The van der Waals surface area contributed by atoms with Gasteiger partial charge in [-0.1, -0.05) is 25.8 Å². The molecule has 0 aromatic heterocycles. The van der Waals surface area contributed by atoms with E-state index in [-0.39, 0.29) is 5.69 Å². The molecule has 0 radical (unpaired) electrons. The summed E-state index contributed by atoms with van der Waals surface area (Å²) in [4.78, 5) is 0. The van der Waals surface area contributed by atoms with Gasteiger partial charge in [-0.2, -0.15) is 0 Å². The molecule has 2 rings (SSSR count). The first kappa shape index (κ1) is 12.3. The maximum Gasteiger partial charge on any atom is 0.149 e. The molecule has 1 aromatic carbocycles. The number of nitrogens with one attached hydrogen (secondary N) is 1. The molecule has 0 spiro atoms. The van der Waals surface area contributed by atoms with Crippen LogP contribution in [0.25, 0.3) is 0 Å². The van der Waals surface area contributed by atoms with Crippen LogP contribution in [0, 0.1) is 23.5 Å². The van der Waals surface area contributed by atoms with Crippen molar-refractivity contribution in [3.05, 3.63) is 29.8 Å². The molecule has 94 valence electrons. The second kappa shape index (κ2) is 5.48. The van der Waals surface area contributed by atoms with E-state index in [2.05, 4.69) is 12.2 Å². The molecule has 0 bridgehead atoms. The first-order valence-electron chi connectivity index (χ1n) is 6.34. The summed E-state index contributed by atoms with van der Waals surface area (Å²) in [5, 5.41) is 2.92. The maximum atomic E-state index is 13.4. The highest BCUT2D eigenvalue weighted by Crippen LogP contribution is 2.29. The number of hydrogen-bond acceptors (Lipinski definition) is 1. The van der Waals surface area contributed by atoms with Gasteiger partial charge in [0.25, 0.3) is 0 Å². The first-order valence-corrected chi connectivity index (χ1v) is 6.34. The monoisotopic (exact) mass is 239 g/mol. The minimum absolute atomic E-state index is 0.0196. The number of para-hydroxylation sites is 1. The van der Waals surface area contributed by atoms with E-state index in [1.54, 1.807) is 0 Å². The van der Waals surface area contributed by atoms with Crippen LogP contribution in [0.5, 0.6) is 0 Å². The van der Waals surface area contributed by atoms with Crippen LogP contribution >= 0.6 is 0 Å². The number of halogens is 2. The van der Waals surface area contributed by atoms with Gasteiger partial charge < -0.3 is 5.32 Å². The summed E-state index contributed by atoms with van der Waals surface area (Å²) in [5.41, 5.74) is 0.0196. The van der Waals surface area contributed by atoms with Gasteiger partial charge in [-0.3, -0.25) is 0 Å². The van der Waals surface area contributed by atoms with Gasteiger partial charge in [-0.15, -0.1) is 0 Å². The van der Waals surface area contributed by atoms with Crippen LogP contribution in [-0.4, -0.2) is 6.54 Å². The highest BCUT2D eigenvalue weighted by Gasteiger charge is 2.18. The third kappa shape index (κ3) is 3.18. The molecular weight excluding hydrogens is 220 g/mol. The Bertz CT molecular complexity index is 350. The van der Waals surface area contributed by atoms with Crippen molar-refractivity contribution in [2.75, 3.05) is 11.9 Å². The molecule has 1 aromatic rings. The largest absolute Gasteiger partial charge is 0.380 e. The molecule has 1 nitrogen and oxygen atoms in total. The van der Waals surface area contributed by atoms with Gasteiger partial charge in [0.15, 0.2) is 0 Å². The van der Waals surface area contributed by atoms with E-state index in [1.807, 2.05) is 0 Å². The average Bonchev–Trinajstić information content (AvgIpc) is 2.31. The summed E-state index contributed by atoms with van der Waals surface area (Å²) in [6.45, 7) is 2.94. The van der Waals surface area contributed by atoms with Crippen LogP contribution in [0.4, 0.5) is 14.5 Å². The van der Waals surface area contributed by atoms with Crippen molar-refractivity contribution >= 4 is 5.69 Å². The van der Waals surface area contributed by atoms with Crippen molar-refractivity contribution in [1.29, 1.82) is 0 Å².